The summed E-state index contributed by atoms with van der Waals surface area (Å²) >= 11 is 0. The summed E-state index contributed by atoms with van der Waals surface area (Å²) in [5, 5.41) is 15.5. The highest BCUT2D eigenvalue weighted by Gasteiger charge is 2.19. The first-order chi connectivity index (χ1) is 12.2. The summed E-state index contributed by atoms with van der Waals surface area (Å²) in [7, 11) is 0. The van der Waals surface area contributed by atoms with E-state index in [2.05, 4.69) is 62.6 Å². The molecule has 26 heavy (non-hydrogen) atoms. The highest BCUT2D eigenvalue weighted by atomic mass is 16.3. The van der Waals surface area contributed by atoms with Crippen LogP contribution in [0.15, 0.2) is 47.7 Å². The Bertz CT molecular complexity index is 576. The van der Waals surface area contributed by atoms with Gasteiger partial charge < -0.3 is 15.7 Å². The molecule has 0 fully saturated rings. The molecule has 0 aromatic heterocycles. The highest BCUT2D eigenvalue weighted by molar-refractivity contribution is 5.95. The molecule has 0 bridgehead atoms. The number of aliphatic hydroxyl groups is 1. The molecule has 1 aliphatic heterocycles. The van der Waals surface area contributed by atoms with E-state index in [1.54, 1.807) is 13.0 Å². The number of hydrogen-bond acceptors (Lipinski definition) is 4. The molecule has 0 saturated carbocycles. The number of ketones is 1. The number of nitrogens with one attached hydrogen (secondary N) is 2. The predicted molar refractivity (Wildman–Crippen MR) is 112 cm³/mol. The standard InChI is InChI=1S/C11H13N.C7H12O2.C4H11N/c1-8-7-10-5-3-4-6-11(10)12-9(8)2;1-4-5-6(8)7(2,3)9;1-3-5-4-2/h3-6,12H,7H2,1-2H3;4-5,9H,1-3H3;5H,3-4H2,1-2H3/b;5-4+;. The largest absolute Gasteiger partial charge is 0.382 e. The summed E-state index contributed by atoms with van der Waals surface area (Å²) in [6.45, 7) is 15.4. The molecule has 0 aliphatic carbocycles. The number of benzene rings is 1. The minimum absolute atomic E-state index is 0.259. The van der Waals surface area contributed by atoms with E-state index in [4.69, 9.17) is 5.11 Å². The molecule has 0 unspecified atom stereocenters. The van der Waals surface area contributed by atoms with Crippen molar-refractivity contribution in [3.8, 4) is 0 Å². The molecular weight excluding hydrogens is 324 g/mol. The lowest BCUT2D eigenvalue weighted by Crippen LogP contribution is -2.29. The predicted octanol–water partition coefficient (Wildman–Crippen LogP) is 4.47. The SMILES string of the molecule is C/C=C/C(=O)C(C)(C)O.CC1=C(C)Nc2ccccc2C1.CCNCC. The lowest BCUT2D eigenvalue weighted by atomic mass is 9.99. The quantitative estimate of drug-likeness (QED) is 0.694. The van der Waals surface area contributed by atoms with Crippen molar-refractivity contribution in [3.63, 3.8) is 0 Å². The lowest BCUT2D eigenvalue weighted by Gasteiger charge is -2.20. The molecule has 2 rings (SSSR count). The average molecular weight is 361 g/mol. The van der Waals surface area contributed by atoms with E-state index in [0.29, 0.717) is 0 Å². The number of carbonyl (C=O) groups excluding carboxylic acids is 1. The van der Waals surface area contributed by atoms with Crippen LogP contribution < -0.4 is 10.6 Å². The van der Waals surface area contributed by atoms with Crippen LogP contribution in [0.1, 0.15) is 54.0 Å². The van der Waals surface area contributed by atoms with Gasteiger partial charge >= 0.3 is 0 Å². The van der Waals surface area contributed by atoms with Gasteiger partial charge in [0.05, 0.1) is 0 Å². The first kappa shape index (κ1) is 24.1. The molecule has 1 aromatic carbocycles. The number of rotatable bonds is 4. The summed E-state index contributed by atoms with van der Waals surface area (Å²) in [5.74, 6) is -0.259. The van der Waals surface area contributed by atoms with Crippen molar-refractivity contribution in [2.24, 2.45) is 0 Å². The van der Waals surface area contributed by atoms with Gasteiger partial charge in [0.1, 0.15) is 5.60 Å². The van der Waals surface area contributed by atoms with Crippen LogP contribution in [0.4, 0.5) is 5.69 Å². The van der Waals surface area contributed by atoms with E-state index in [0.717, 1.165) is 19.5 Å². The molecule has 1 aliphatic rings. The van der Waals surface area contributed by atoms with Crippen LogP contribution in [0.5, 0.6) is 0 Å². The minimum atomic E-state index is -1.22. The Morgan fingerprint density at radius 2 is 1.81 bits per heavy atom. The monoisotopic (exact) mass is 360 g/mol. The Labute approximate surface area is 159 Å². The van der Waals surface area contributed by atoms with Crippen molar-refractivity contribution in [1.82, 2.24) is 5.32 Å². The van der Waals surface area contributed by atoms with Gasteiger partial charge in [-0.3, -0.25) is 4.79 Å². The van der Waals surface area contributed by atoms with Gasteiger partial charge in [-0.15, -0.1) is 0 Å². The third kappa shape index (κ3) is 9.54. The average Bonchev–Trinajstić information content (AvgIpc) is 2.57. The maximum Gasteiger partial charge on any atom is 0.186 e. The number of carbonyl (C=O) groups is 1. The van der Waals surface area contributed by atoms with Crippen LogP contribution in [0, 0.1) is 0 Å². The molecule has 1 aromatic rings. The topological polar surface area (TPSA) is 61.4 Å². The fraction of sp³-hybridized carbons (Fsp3) is 0.500. The second kappa shape index (κ2) is 12.4. The van der Waals surface area contributed by atoms with Gasteiger partial charge in [-0.05, 0) is 77.4 Å². The third-order valence-electron chi connectivity index (χ3n) is 3.86. The Balaban J connectivity index is 0.000000397. The van der Waals surface area contributed by atoms with E-state index < -0.39 is 5.60 Å². The second-order valence-corrected chi connectivity index (χ2v) is 6.74. The Morgan fingerprint density at radius 1 is 1.23 bits per heavy atom. The Hall–Kier alpha value is -1.91. The molecule has 0 saturated heterocycles. The van der Waals surface area contributed by atoms with Crippen LogP contribution in [-0.4, -0.2) is 29.6 Å². The molecule has 4 heteroatoms. The molecular formula is C22H36N2O2. The van der Waals surface area contributed by atoms with Crippen LogP contribution >= 0.6 is 0 Å². The summed E-state index contributed by atoms with van der Waals surface area (Å²) in [6, 6.07) is 8.47. The fourth-order valence-corrected chi connectivity index (χ4v) is 2.13. The third-order valence-corrected chi connectivity index (χ3v) is 3.86. The summed E-state index contributed by atoms with van der Waals surface area (Å²) < 4.78 is 0. The number of hydrogen-bond donors (Lipinski definition) is 3. The van der Waals surface area contributed by atoms with Gasteiger partial charge in [-0.2, -0.15) is 0 Å². The zero-order valence-electron chi connectivity index (χ0n) is 17.4. The maximum absolute atomic E-state index is 10.7. The number of anilines is 1. The van der Waals surface area contributed by atoms with Gasteiger partial charge in [0.25, 0.3) is 0 Å². The van der Waals surface area contributed by atoms with Crippen molar-refractivity contribution in [3.05, 3.63) is 53.3 Å². The molecule has 0 radical (unpaired) electrons. The van der Waals surface area contributed by atoms with Crippen LogP contribution in [0.3, 0.4) is 0 Å². The van der Waals surface area contributed by atoms with Gasteiger partial charge in [0.15, 0.2) is 5.78 Å². The molecule has 0 atom stereocenters. The molecule has 146 valence electrons. The normalized spacial score (nSPS) is 13.1. The first-order valence-corrected chi connectivity index (χ1v) is 9.28. The number of para-hydroxylation sites is 1. The van der Waals surface area contributed by atoms with E-state index in [1.165, 1.54) is 42.4 Å². The maximum atomic E-state index is 10.7. The van der Waals surface area contributed by atoms with E-state index in [9.17, 15) is 4.79 Å². The summed E-state index contributed by atoms with van der Waals surface area (Å²) in [4.78, 5) is 10.7. The fourth-order valence-electron chi connectivity index (χ4n) is 2.13. The summed E-state index contributed by atoms with van der Waals surface area (Å²) in [5.41, 5.74) is 4.19. The van der Waals surface area contributed by atoms with Crippen LogP contribution in [-0.2, 0) is 11.2 Å². The molecule has 3 N–H and O–H groups in total. The van der Waals surface area contributed by atoms with Gasteiger partial charge in [0.2, 0.25) is 0 Å². The molecule has 0 spiro atoms. The van der Waals surface area contributed by atoms with Gasteiger partial charge in [-0.25, -0.2) is 0 Å². The smallest absolute Gasteiger partial charge is 0.186 e. The molecule has 0 amide bonds. The van der Waals surface area contributed by atoms with Crippen molar-refractivity contribution in [1.29, 1.82) is 0 Å². The van der Waals surface area contributed by atoms with Crippen molar-refractivity contribution in [2.75, 3.05) is 18.4 Å². The number of allylic oxidation sites excluding steroid dienone is 3. The van der Waals surface area contributed by atoms with E-state index in [-0.39, 0.29) is 5.78 Å². The van der Waals surface area contributed by atoms with Crippen molar-refractivity contribution >= 4 is 11.5 Å². The van der Waals surface area contributed by atoms with E-state index >= 15 is 0 Å². The molecule has 4 nitrogen and oxygen atoms in total. The first-order valence-electron chi connectivity index (χ1n) is 9.28. The van der Waals surface area contributed by atoms with Crippen LogP contribution in [0.2, 0.25) is 0 Å². The van der Waals surface area contributed by atoms with Crippen LogP contribution in [0.25, 0.3) is 0 Å². The Morgan fingerprint density at radius 3 is 2.23 bits per heavy atom. The van der Waals surface area contributed by atoms with Gasteiger partial charge in [0, 0.05) is 11.4 Å². The second-order valence-electron chi connectivity index (χ2n) is 6.74. The number of fused-ring (bicyclic) bond motifs is 1. The highest BCUT2D eigenvalue weighted by Crippen LogP contribution is 2.26. The zero-order valence-corrected chi connectivity index (χ0v) is 17.4. The zero-order chi connectivity index (χ0) is 20.2. The van der Waals surface area contributed by atoms with Crippen molar-refractivity contribution in [2.45, 2.75) is 60.5 Å². The van der Waals surface area contributed by atoms with E-state index in [1.807, 2.05) is 0 Å². The summed E-state index contributed by atoms with van der Waals surface area (Å²) in [6.07, 6.45) is 4.06. The molecule has 1 heterocycles. The lowest BCUT2D eigenvalue weighted by molar-refractivity contribution is -0.128. The van der Waals surface area contributed by atoms with Gasteiger partial charge in [-0.1, -0.05) is 38.1 Å². The minimum Gasteiger partial charge on any atom is -0.382 e. The van der Waals surface area contributed by atoms with Crippen molar-refractivity contribution < 1.29 is 9.90 Å². The Kier molecular flexibility index (Phi) is 11.5.